The minimum Gasteiger partial charge on any atom is -0.229 e. The second-order valence-electron chi connectivity index (χ2n) is 4.30. The maximum atomic E-state index is 6.03. The molecule has 20 heavy (non-hydrogen) atoms. The quantitative estimate of drug-likeness (QED) is 0.540. The van der Waals surface area contributed by atoms with E-state index in [1.54, 1.807) is 22.8 Å². The molecule has 0 saturated heterocycles. The fourth-order valence-electron chi connectivity index (χ4n) is 1.93. The highest BCUT2D eigenvalue weighted by molar-refractivity contribution is 7.99. The zero-order valence-corrected chi connectivity index (χ0v) is 12.5. The first-order valence-corrected chi connectivity index (χ1v) is 7.73. The minimum absolute atomic E-state index is 0.681. The van der Waals surface area contributed by atoms with Gasteiger partial charge < -0.3 is 0 Å². The number of nitrogens with zero attached hydrogens (tertiary/aromatic N) is 4. The normalized spacial score (nSPS) is 11.1. The van der Waals surface area contributed by atoms with Gasteiger partial charge in [0.2, 0.25) is 0 Å². The highest BCUT2D eigenvalue weighted by atomic mass is 35.5. The van der Waals surface area contributed by atoms with Crippen LogP contribution in [0.25, 0.3) is 16.7 Å². The molecule has 102 valence electrons. The molecule has 0 bridgehead atoms. The molecule has 0 unspecified atom stereocenters. The van der Waals surface area contributed by atoms with Crippen molar-refractivity contribution >= 4 is 34.4 Å². The van der Waals surface area contributed by atoms with Gasteiger partial charge in [0, 0.05) is 5.02 Å². The molecule has 0 N–H and O–H groups in total. The Morgan fingerprint density at radius 1 is 1.30 bits per heavy atom. The molecule has 2 aromatic heterocycles. The van der Waals surface area contributed by atoms with E-state index in [2.05, 4.69) is 22.0 Å². The fourth-order valence-corrected chi connectivity index (χ4v) is 2.94. The highest BCUT2D eigenvalue weighted by Crippen LogP contribution is 2.26. The Morgan fingerprint density at radius 3 is 3.00 bits per heavy atom. The second-order valence-corrected chi connectivity index (χ2v) is 5.82. The number of benzene rings is 1. The van der Waals surface area contributed by atoms with Crippen LogP contribution in [0.4, 0.5) is 0 Å². The first-order chi connectivity index (χ1) is 9.79. The fraction of sp³-hybridized carbons (Fsp3) is 0.214. The van der Waals surface area contributed by atoms with Gasteiger partial charge in [-0.25, -0.2) is 14.6 Å². The SMILES string of the molecule is CCCSc1ncnc2c1cnn2-c1cccc(Cl)c1. The number of hydrogen-bond acceptors (Lipinski definition) is 4. The van der Waals surface area contributed by atoms with E-state index in [9.17, 15) is 0 Å². The van der Waals surface area contributed by atoms with Crippen LogP contribution in [-0.2, 0) is 0 Å². The number of aromatic nitrogens is 4. The van der Waals surface area contributed by atoms with Crippen LogP contribution in [0.2, 0.25) is 5.02 Å². The molecule has 0 saturated carbocycles. The van der Waals surface area contributed by atoms with Gasteiger partial charge in [0.1, 0.15) is 11.4 Å². The molecular formula is C14H13ClN4S. The largest absolute Gasteiger partial charge is 0.229 e. The van der Waals surface area contributed by atoms with Gasteiger partial charge in [-0.1, -0.05) is 24.6 Å². The van der Waals surface area contributed by atoms with Gasteiger partial charge >= 0.3 is 0 Å². The first-order valence-electron chi connectivity index (χ1n) is 6.37. The van der Waals surface area contributed by atoms with Crippen LogP contribution >= 0.6 is 23.4 Å². The summed E-state index contributed by atoms with van der Waals surface area (Å²) in [5, 5.41) is 7.05. The average molecular weight is 305 g/mol. The molecule has 0 atom stereocenters. The number of thioether (sulfide) groups is 1. The van der Waals surface area contributed by atoms with E-state index < -0.39 is 0 Å². The van der Waals surface area contributed by atoms with Crippen molar-refractivity contribution in [2.75, 3.05) is 5.75 Å². The molecule has 6 heteroatoms. The lowest BCUT2D eigenvalue weighted by Gasteiger charge is -2.04. The summed E-state index contributed by atoms with van der Waals surface area (Å²) in [5.74, 6) is 1.04. The zero-order chi connectivity index (χ0) is 13.9. The number of fused-ring (bicyclic) bond motifs is 1. The summed E-state index contributed by atoms with van der Waals surface area (Å²) < 4.78 is 1.79. The predicted octanol–water partition coefficient (Wildman–Crippen LogP) is 3.97. The molecule has 0 amide bonds. The molecule has 0 spiro atoms. The van der Waals surface area contributed by atoms with E-state index in [-0.39, 0.29) is 0 Å². The van der Waals surface area contributed by atoms with Crippen molar-refractivity contribution in [3.8, 4) is 5.69 Å². The Hall–Kier alpha value is -1.59. The summed E-state index contributed by atoms with van der Waals surface area (Å²) in [7, 11) is 0. The molecule has 1 aromatic carbocycles. The van der Waals surface area contributed by atoms with Gasteiger partial charge in [0.15, 0.2) is 5.65 Å². The zero-order valence-electron chi connectivity index (χ0n) is 11.0. The molecule has 3 aromatic rings. The van der Waals surface area contributed by atoms with E-state index in [1.165, 1.54) is 0 Å². The third kappa shape index (κ3) is 2.51. The van der Waals surface area contributed by atoms with Crippen molar-refractivity contribution in [2.24, 2.45) is 0 Å². The van der Waals surface area contributed by atoms with Crippen LogP contribution in [0.5, 0.6) is 0 Å². The molecule has 0 aliphatic heterocycles. The Kier molecular flexibility index (Phi) is 3.89. The van der Waals surface area contributed by atoms with Crippen molar-refractivity contribution in [3.05, 3.63) is 41.8 Å². The molecule has 0 fully saturated rings. The van der Waals surface area contributed by atoms with Gasteiger partial charge in [-0.05, 0) is 30.4 Å². The summed E-state index contributed by atoms with van der Waals surface area (Å²) in [5.41, 5.74) is 1.71. The minimum atomic E-state index is 0.681. The van der Waals surface area contributed by atoms with Crippen molar-refractivity contribution in [3.63, 3.8) is 0 Å². The molecule has 2 heterocycles. The van der Waals surface area contributed by atoms with E-state index >= 15 is 0 Å². The van der Waals surface area contributed by atoms with E-state index in [1.807, 2.05) is 30.5 Å². The topological polar surface area (TPSA) is 43.6 Å². The third-order valence-corrected chi connectivity index (χ3v) is 4.27. The molecule has 4 nitrogen and oxygen atoms in total. The number of hydrogen-bond donors (Lipinski definition) is 0. The molecule has 0 aliphatic carbocycles. The molecule has 3 rings (SSSR count). The lowest BCUT2D eigenvalue weighted by atomic mass is 10.3. The van der Waals surface area contributed by atoms with Crippen LogP contribution in [0.1, 0.15) is 13.3 Å². The van der Waals surface area contributed by atoms with Crippen LogP contribution < -0.4 is 0 Å². The lowest BCUT2D eigenvalue weighted by molar-refractivity contribution is 0.893. The maximum absolute atomic E-state index is 6.03. The Bertz CT molecular complexity index is 741. The smallest absolute Gasteiger partial charge is 0.167 e. The third-order valence-electron chi connectivity index (χ3n) is 2.82. The van der Waals surface area contributed by atoms with Gasteiger partial charge in [-0.3, -0.25) is 0 Å². The second kappa shape index (κ2) is 5.81. The van der Waals surface area contributed by atoms with E-state index in [4.69, 9.17) is 11.6 Å². The van der Waals surface area contributed by atoms with Gasteiger partial charge in [0.25, 0.3) is 0 Å². The van der Waals surface area contributed by atoms with Crippen molar-refractivity contribution < 1.29 is 0 Å². The summed E-state index contributed by atoms with van der Waals surface area (Å²) in [4.78, 5) is 8.69. The van der Waals surface area contributed by atoms with Gasteiger partial charge in [-0.2, -0.15) is 5.10 Å². The first kappa shape index (κ1) is 13.4. The Balaban J connectivity index is 2.10. The summed E-state index contributed by atoms with van der Waals surface area (Å²) in [6.45, 7) is 2.15. The van der Waals surface area contributed by atoms with Gasteiger partial charge in [0.05, 0.1) is 17.3 Å². The van der Waals surface area contributed by atoms with Crippen molar-refractivity contribution in [2.45, 2.75) is 18.4 Å². The Labute approximate surface area is 126 Å². The molecular weight excluding hydrogens is 292 g/mol. The highest BCUT2D eigenvalue weighted by Gasteiger charge is 2.11. The summed E-state index contributed by atoms with van der Waals surface area (Å²) >= 11 is 7.77. The number of halogens is 1. The Morgan fingerprint density at radius 2 is 2.20 bits per heavy atom. The van der Waals surface area contributed by atoms with Crippen molar-refractivity contribution in [1.82, 2.24) is 19.7 Å². The molecule has 0 aliphatic rings. The van der Waals surface area contributed by atoms with Crippen LogP contribution in [0.15, 0.2) is 41.8 Å². The monoisotopic (exact) mass is 304 g/mol. The van der Waals surface area contributed by atoms with E-state index in [0.717, 1.165) is 33.9 Å². The molecule has 0 radical (unpaired) electrons. The number of rotatable bonds is 4. The maximum Gasteiger partial charge on any atom is 0.167 e. The standard InChI is InChI=1S/C14H13ClN4S/c1-2-6-20-14-12-8-18-19(13(12)16-9-17-14)11-5-3-4-10(15)7-11/h3-5,7-9H,2,6H2,1H3. The van der Waals surface area contributed by atoms with Crippen LogP contribution in [-0.4, -0.2) is 25.5 Å². The van der Waals surface area contributed by atoms with Gasteiger partial charge in [-0.15, -0.1) is 11.8 Å². The predicted molar refractivity (Wildman–Crippen MR) is 82.7 cm³/mol. The summed E-state index contributed by atoms with van der Waals surface area (Å²) in [6.07, 6.45) is 4.51. The van der Waals surface area contributed by atoms with Crippen LogP contribution in [0.3, 0.4) is 0 Å². The van der Waals surface area contributed by atoms with Crippen molar-refractivity contribution in [1.29, 1.82) is 0 Å². The average Bonchev–Trinajstić information content (AvgIpc) is 2.89. The lowest BCUT2D eigenvalue weighted by Crippen LogP contribution is -1.97. The van der Waals surface area contributed by atoms with E-state index in [0.29, 0.717) is 5.02 Å². The summed E-state index contributed by atoms with van der Waals surface area (Å²) in [6, 6.07) is 7.57. The van der Waals surface area contributed by atoms with Crippen LogP contribution in [0, 0.1) is 0 Å².